The van der Waals surface area contributed by atoms with Crippen LogP contribution in [0.5, 0.6) is 0 Å². The maximum Gasteiger partial charge on any atom is 0.0470 e. The molecule has 0 spiro atoms. The molecule has 1 atom stereocenters. The summed E-state index contributed by atoms with van der Waals surface area (Å²) < 4.78 is 0. The van der Waals surface area contributed by atoms with E-state index in [1.165, 1.54) is 31.2 Å². The monoisotopic (exact) mass is 294 g/mol. The van der Waals surface area contributed by atoms with Crippen LogP contribution in [0.2, 0.25) is 5.02 Å². The second-order valence-corrected chi connectivity index (χ2v) is 7.30. The lowest BCUT2D eigenvalue weighted by Crippen LogP contribution is -2.41. The number of rotatable bonds is 4. The van der Waals surface area contributed by atoms with Gasteiger partial charge in [0.25, 0.3) is 0 Å². The van der Waals surface area contributed by atoms with Crippen molar-refractivity contribution in [2.75, 3.05) is 13.6 Å². The minimum atomic E-state index is 0.264. The third-order valence-electron chi connectivity index (χ3n) is 4.83. The molecular formula is C17H27ClN2. The second-order valence-electron chi connectivity index (χ2n) is 6.87. The van der Waals surface area contributed by atoms with Crippen LogP contribution in [0.4, 0.5) is 0 Å². The Morgan fingerprint density at radius 1 is 1.35 bits per heavy atom. The predicted molar refractivity (Wildman–Crippen MR) is 87.0 cm³/mol. The van der Waals surface area contributed by atoms with Crippen molar-refractivity contribution >= 4 is 11.6 Å². The van der Waals surface area contributed by atoms with E-state index in [-0.39, 0.29) is 6.04 Å². The fraction of sp³-hybridized carbons (Fsp3) is 0.647. The highest BCUT2D eigenvalue weighted by Crippen LogP contribution is 2.38. The van der Waals surface area contributed by atoms with Crippen LogP contribution in [0, 0.1) is 5.41 Å². The van der Waals surface area contributed by atoms with E-state index in [1.807, 2.05) is 18.2 Å². The van der Waals surface area contributed by atoms with Crippen molar-refractivity contribution in [1.82, 2.24) is 4.90 Å². The van der Waals surface area contributed by atoms with Crippen LogP contribution in [-0.4, -0.2) is 24.5 Å². The van der Waals surface area contributed by atoms with Crippen LogP contribution in [0.3, 0.4) is 0 Å². The molecule has 112 valence electrons. The van der Waals surface area contributed by atoms with Crippen molar-refractivity contribution in [3.63, 3.8) is 0 Å². The highest BCUT2D eigenvalue weighted by atomic mass is 35.5. The van der Waals surface area contributed by atoms with Gasteiger partial charge in [0.1, 0.15) is 0 Å². The number of hydrogen-bond donors (Lipinski definition) is 1. The van der Waals surface area contributed by atoms with Gasteiger partial charge < -0.3 is 5.73 Å². The van der Waals surface area contributed by atoms with Crippen LogP contribution in [0.1, 0.15) is 51.1 Å². The smallest absolute Gasteiger partial charge is 0.0470 e. The molecule has 2 nitrogen and oxygen atoms in total. The maximum atomic E-state index is 6.11. The molecule has 0 radical (unpaired) electrons. The molecule has 0 heterocycles. The first-order valence-corrected chi connectivity index (χ1v) is 7.98. The Labute approximate surface area is 128 Å². The maximum absolute atomic E-state index is 6.11. The van der Waals surface area contributed by atoms with E-state index in [2.05, 4.69) is 31.9 Å². The Balaban J connectivity index is 2.08. The van der Waals surface area contributed by atoms with Gasteiger partial charge in [-0.25, -0.2) is 0 Å². The van der Waals surface area contributed by atoms with Crippen LogP contribution >= 0.6 is 11.6 Å². The highest BCUT2D eigenvalue weighted by molar-refractivity contribution is 6.30. The Bertz CT molecular complexity index is 434. The molecule has 0 amide bonds. The van der Waals surface area contributed by atoms with Gasteiger partial charge in [0.15, 0.2) is 0 Å². The molecule has 1 unspecified atom stereocenters. The standard InChI is InChI=1S/C17H27ClN2/c1-17(2)9-7-15(8-10-17)20(3)16(12-19)13-5-4-6-14(18)11-13/h4-6,11,15-16H,7-10,12,19H2,1-3H3. The molecule has 0 bridgehead atoms. The molecule has 1 aromatic rings. The van der Waals surface area contributed by atoms with E-state index >= 15 is 0 Å². The molecule has 1 aromatic carbocycles. The zero-order valence-electron chi connectivity index (χ0n) is 12.9. The summed E-state index contributed by atoms with van der Waals surface area (Å²) in [6, 6.07) is 9.00. The Morgan fingerprint density at radius 2 is 2.00 bits per heavy atom. The summed E-state index contributed by atoms with van der Waals surface area (Å²) in [5.41, 5.74) is 7.77. The third kappa shape index (κ3) is 3.75. The van der Waals surface area contributed by atoms with E-state index < -0.39 is 0 Å². The van der Waals surface area contributed by atoms with E-state index in [9.17, 15) is 0 Å². The Morgan fingerprint density at radius 3 is 2.55 bits per heavy atom. The van der Waals surface area contributed by atoms with Crippen molar-refractivity contribution in [3.8, 4) is 0 Å². The second kappa shape index (κ2) is 6.46. The number of likely N-dealkylation sites (N-methyl/N-ethyl adjacent to an activating group) is 1. The van der Waals surface area contributed by atoms with Gasteiger partial charge in [-0.15, -0.1) is 0 Å². The average Bonchev–Trinajstić information content (AvgIpc) is 2.39. The number of halogens is 1. The van der Waals surface area contributed by atoms with E-state index in [0.29, 0.717) is 18.0 Å². The largest absolute Gasteiger partial charge is 0.329 e. The number of benzene rings is 1. The summed E-state index contributed by atoms with van der Waals surface area (Å²) in [4.78, 5) is 2.46. The SMILES string of the molecule is CN(C1CCC(C)(C)CC1)C(CN)c1cccc(Cl)c1. The van der Waals surface area contributed by atoms with Crippen molar-refractivity contribution in [3.05, 3.63) is 34.9 Å². The molecule has 2 rings (SSSR count). The lowest BCUT2D eigenvalue weighted by atomic mass is 9.75. The zero-order valence-corrected chi connectivity index (χ0v) is 13.7. The van der Waals surface area contributed by atoms with E-state index in [0.717, 1.165) is 5.02 Å². The molecule has 3 heteroatoms. The quantitative estimate of drug-likeness (QED) is 0.900. The predicted octanol–water partition coefficient (Wildman–Crippen LogP) is 4.24. The van der Waals surface area contributed by atoms with Gasteiger partial charge >= 0.3 is 0 Å². The van der Waals surface area contributed by atoms with Gasteiger partial charge in [0.05, 0.1) is 0 Å². The molecule has 20 heavy (non-hydrogen) atoms. The highest BCUT2D eigenvalue weighted by Gasteiger charge is 2.31. The summed E-state index contributed by atoms with van der Waals surface area (Å²) in [6.07, 6.45) is 5.13. The summed E-state index contributed by atoms with van der Waals surface area (Å²) in [6.45, 7) is 5.39. The van der Waals surface area contributed by atoms with Gasteiger partial charge in [0.2, 0.25) is 0 Å². The van der Waals surface area contributed by atoms with E-state index in [4.69, 9.17) is 17.3 Å². The molecule has 2 N–H and O–H groups in total. The van der Waals surface area contributed by atoms with Gasteiger partial charge in [0, 0.05) is 23.7 Å². The summed E-state index contributed by atoms with van der Waals surface area (Å²) in [5.74, 6) is 0. The first-order chi connectivity index (χ1) is 9.43. The van der Waals surface area contributed by atoms with E-state index in [1.54, 1.807) is 0 Å². The van der Waals surface area contributed by atoms with Crippen molar-refractivity contribution in [2.24, 2.45) is 11.1 Å². The lowest BCUT2D eigenvalue weighted by molar-refractivity contribution is 0.0966. The Hall–Kier alpha value is -0.570. The Kier molecular flexibility index (Phi) is 5.11. The minimum Gasteiger partial charge on any atom is -0.329 e. The molecule has 1 aliphatic rings. The van der Waals surface area contributed by atoms with Crippen molar-refractivity contribution in [1.29, 1.82) is 0 Å². The lowest BCUT2D eigenvalue weighted by Gasteiger charge is -2.41. The van der Waals surface area contributed by atoms with Crippen molar-refractivity contribution < 1.29 is 0 Å². The van der Waals surface area contributed by atoms with Gasteiger partial charge in [-0.3, -0.25) is 4.90 Å². The molecule has 1 saturated carbocycles. The minimum absolute atomic E-state index is 0.264. The topological polar surface area (TPSA) is 29.3 Å². The molecule has 0 aliphatic heterocycles. The van der Waals surface area contributed by atoms with Crippen LogP contribution in [0.15, 0.2) is 24.3 Å². The molecule has 1 aliphatic carbocycles. The summed E-state index contributed by atoms with van der Waals surface area (Å²) in [7, 11) is 2.21. The molecular weight excluding hydrogens is 268 g/mol. The van der Waals surface area contributed by atoms with Crippen molar-refractivity contribution in [2.45, 2.75) is 51.6 Å². The number of nitrogens with two attached hydrogens (primary N) is 1. The average molecular weight is 295 g/mol. The molecule has 0 saturated heterocycles. The third-order valence-corrected chi connectivity index (χ3v) is 5.07. The first kappa shape index (κ1) is 15.8. The molecule has 1 fully saturated rings. The summed E-state index contributed by atoms with van der Waals surface area (Å²) >= 11 is 6.11. The molecule has 0 aromatic heterocycles. The van der Waals surface area contributed by atoms with Crippen LogP contribution < -0.4 is 5.73 Å². The fourth-order valence-electron chi connectivity index (χ4n) is 3.30. The zero-order chi connectivity index (χ0) is 14.8. The van der Waals surface area contributed by atoms with Gasteiger partial charge in [-0.1, -0.05) is 37.6 Å². The number of hydrogen-bond acceptors (Lipinski definition) is 2. The normalized spacial score (nSPS) is 21.1. The fourth-order valence-corrected chi connectivity index (χ4v) is 3.50. The van der Waals surface area contributed by atoms with Crippen LogP contribution in [-0.2, 0) is 0 Å². The number of nitrogens with zero attached hydrogens (tertiary/aromatic N) is 1. The first-order valence-electron chi connectivity index (χ1n) is 7.60. The van der Waals surface area contributed by atoms with Gasteiger partial charge in [-0.2, -0.15) is 0 Å². The summed E-state index contributed by atoms with van der Waals surface area (Å²) in [5, 5.41) is 0.791. The van der Waals surface area contributed by atoms with Gasteiger partial charge in [-0.05, 0) is 55.8 Å². The van der Waals surface area contributed by atoms with Crippen LogP contribution in [0.25, 0.3) is 0 Å².